The Kier molecular flexibility index (Phi) is 4.56. The van der Waals surface area contributed by atoms with E-state index in [1.165, 1.54) is 0 Å². The van der Waals surface area contributed by atoms with E-state index in [4.69, 9.17) is 10.5 Å². The van der Waals surface area contributed by atoms with Gasteiger partial charge < -0.3 is 15.4 Å². The molecule has 1 aromatic carbocycles. The fraction of sp³-hybridized carbons (Fsp3) is 0.533. The lowest BCUT2D eigenvalue weighted by Crippen LogP contribution is -2.55. The van der Waals surface area contributed by atoms with E-state index >= 15 is 0 Å². The van der Waals surface area contributed by atoms with Crippen LogP contribution in [-0.2, 0) is 16.0 Å². The third kappa shape index (κ3) is 3.55. The molecular formula is C15H22N2O2. The first-order chi connectivity index (χ1) is 9.08. The molecule has 1 amide bonds. The molecule has 1 aliphatic heterocycles. The van der Waals surface area contributed by atoms with Crippen molar-refractivity contribution in [2.75, 3.05) is 13.2 Å². The number of benzene rings is 1. The summed E-state index contributed by atoms with van der Waals surface area (Å²) in [5, 5.41) is 0. The molecular weight excluding hydrogens is 240 g/mol. The summed E-state index contributed by atoms with van der Waals surface area (Å²) in [5.74, 6) is 0.0199. The van der Waals surface area contributed by atoms with Gasteiger partial charge in [-0.3, -0.25) is 4.79 Å². The van der Waals surface area contributed by atoms with Crippen molar-refractivity contribution < 1.29 is 9.53 Å². The highest BCUT2D eigenvalue weighted by Crippen LogP contribution is 2.13. The summed E-state index contributed by atoms with van der Waals surface area (Å²) in [6, 6.07) is 9.51. The predicted octanol–water partition coefficient (Wildman–Crippen LogP) is 1.19. The SMILES string of the molecule is CC1CN(C(=O)C(N)Cc2ccccc2)C(C)CO1. The van der Waals surface area contributed by atoms with Crippen LogP contribution in [0.2, 0.25) is 0 Å². The molecule has 104 valence electrons. The first kappa shape index (κ1) is 14.0. The van der Waals surface area contributed by atoms with E-state index in [-0.39, 0.29) is 18.1 Å². The first-order valence-electron chi connectivity index (χ1n) is 6.79. The highest BCUT2D eigenvalue weighted by atomic mass is 16.5. The largest absolute Gasteiger partial charge is 0.375 e. The molecule has 1 heterocycles. The van der Waals surface area contributed by atoms with Gasteiger partial charge in [0.2, 0.25) is 5.91 Å². The van der Waals surface area contributed by atoms with Crippen LogP contribution >= 0.6 is 0 Å². The lowest BCUT2D eigenvalue weighted by molar-refractivity contribution is -0.144. The Balaban J connectivity index is 1.98. The van der Waals surface area contributed by atoms with Crippen molar-refractivity contribution >= 4 is 5.91 Å². The van der Waals surface area contributed by atoms with Crippen LogP contribution in [0.5, 0.6) is 0 Å². The average Bonchev–Trinajstić information content (AvgIpc) is 2.42. The minimum absolute atomic E-state index is 0.0199. The number of carbonyl (C=O) groups excluding carboxylic acids is 1. The molecule has 0 bridgehead atoms. The van der Waals surface area contributed by atoms with Gasteiger partial charge in [0, 0.05) is 6.54 Å². The van der Waals surface area contributed by atoms with Crippen LogP contribution in [0.25, 0.3) is 0 Å². The van der Waals surface area contributed by atoms with Crippen LogP contribution in [0.1, 0.15) is 19.4 Å². The number of amides is 1. The number of hydrogen-bond acceptors (Lipinski definition) is 3. The number of ether oxygens (including phenoxy) is 1. The zero-order valence-corrected chi connectivity index (χ0v) is 11.6. The standard InChI is InChI=1S/C15H22N2O2/c1-11-10-19-12(2)9-17(11)15(18)14(16)8-13-6-4-3-5-7-13/h3-7,11-12,14H,8-10,16H2,1-2H3. The second-order valence-corrected chi connectivity index (χ2v) is 5.28. The molecule has 2 N–H and O–H groups in total. The van der Waals surface area contributed by atoms with E-state index in [9.17, 15) is 4.79 Å². The van der Waals surface area contributed by atoms with Crippen LogP contribution in [0.4, 0.5) is 0 Å². The molecule has 0 spiro atoms. The highest BCUT2D eigenvalue weighted by molar-refractivity contribution is 5.82. The number of morpholine rings is 1. The minimum Gasteiger partial charge on any atom is -0.375 e. The van der Waals surface area contributed by atoms with E-state index in [0.29, 0.717) is 19.6 Å². The first-order valence-corrected chi connectivity index (χ1v) is 6.79. The third-order valence-corrected chi connectivity index (χ3v) is 3.51. The summed E-state index contributed by atoms with van der Waals surface area (Å²) in [7, 11) is 0. The van der Waals surface area contributed by atoms with E-state index in [2.05, 4.69) is 0 Å². The Morgan fingerprint density at radius 1 is 1.42 bits per heavy atom. The maximum atomic E-state index is 12.4. The molecule has 3 atom stereocenters. The third-order valence-electron chi connectivity index (χ3n) is 3.51. The minimum atomic E-state index is -0.477. The second kappa shape index (κ2) is 6.17. The predicted molar refractivity (Wildman–Crippen MR) is 74.7 cm³/mol. The van der Waals surface area contributed by atoms with Crippen LogP contribution in [0.3, 0.4) is 0 Å². The zero-order chi connectivity index (χ0) is 13.8. The van der Waals surface area contributed by atoms with Gasteiger partial charge in [-0.15, -0.1) is 0 Å². The van der Waals surface area contributed by atoms with Crippen molar-refractivity contribution in [2.45, 2.75) is 38.5 Å². The molecule has 4 nitrogen and oxygen atoms in total. The van der Waals surface area contributed by atoms with Crippen LogP contribution in [-0.4, -0.2) is 42.1 Å². The Labute approximate surface area is 114 Å². The molecule has 1 aliphatic rings. The molecule has 0 aliphatic carbocycles. The Morgan fingerprint density at radius 2 is 2.11 bits per heavy atom. The van der Waals surface area contributed by atoms with Crippen molar-refractivity contribution in [3.05, 3.63) is 35.9 Å². The average molecular weight is 262 g/mol. The van der Waals surface area contributed by atoms with Gasteiger partial charge in [0.25, 0.3) is 0 Å². The summed E-state index contributed by atoms with van der Waals surface area (Å²) in [5.41, 5.74) is 7.15. The summed E-state index contributed by atoms with van der Waals surface area (Å²) >= 11 is 0. The maximum Gasteiger partial charge on any atom is 0.240 e. The Morgan fingerprint density at radius 3 is 2.79 bits per heavy atom. The quantitative estimate of drug-likeness (QED) is 0.890. The number of carbonyl (C=O) groups is 1. The molecule has 1 saturated heterocycles. The number of rotatable bonds is 3. The van der Waals surface area contributed by atoms with Crippen LogP contribution in [0, 0.1) is 0 Å². The van der Waals surface area contributed by atoms with Gasteiger partial charge in [-0.05, 0) is 25.8 Å². The van der Waals surface area contributed by atoms with Crippen molar-refractivity contribution in [1.29, 1.82) is 0 Å². The number of hydrogen-bond donors (Lipinski definition) is 1. The molecule has 3 unspecified atom stereocenters. The van der Waals surface area contributed by atoms with E-state index in [0.717, 1.165) is 5.56 Å². The number of nitrogens with zero attached hydrogens (tertiary/aromatic N) is 1. The van der Waals surface area contributed by atoms with Gasteiger partial charge in [-0.2, -0.15) is 0 Å². The monoisotopic (exact) mass is 262 g/mol. The van der Waals surface area contributed by atoms with Gasteiger partial charge in [0.15, 0.2) is 0 Å². The highest BCUT2D eigenvalue weighted by Gasteiger charge is 2.30. The molecule has 4 heteroatoms. The van der Waals surface area contributed by atoms with Crippen molar-refractivity contribution in [3.8, 4) is 0 Å². The van der Waals surface area contributed by atoms with Gasteiger partial charge in [-0.25, -0.2) is 0 Å². The van der Waals surface area contributed by atoms with Gasteiger partial charge in [0.05, 0.1) is 24.8 Å². The zero-order valence-electron chi connectivity index (χ0n) is 11.6. The maximum absolute atomic E-state index is 12.4. The van der Waals surface area contributed by atoms with Crippen LogP contribution in [0.15, 0.2) is 30.3 Å². The van der Waals surface area contributed by atoms with Crippen molar-refractivity contribution in [1.82, 2.24) is 4.90 Å². The molecule has 1 fully saturated rings. The second-order valence-electron chi connectivity index (χ2n) is 5.28. The Hall–Kier alpha value is -1.39. The van der Waals surface area contributed by atoms with Gasteiger partial charge in [-0.1, -0.05) is 30.3 Å². The summed E-state index contributed by atoms with van der Waals surface area (Å²) in [6.07, 6.45) is 0.669. The molecule has 0 saturated carbocycles. The lowest BCUT2D eigenvalue weighted by Gasteiger charge is -2.38. The number of nitrogens with two attached hydrogens (primary N) is 1. The fourth-order valence-corrected chi connectivity index (χ4v) is 2.38. The summed E-state index contributed by atoms with van der Waals surface area (Å²) in [4.78, 5) is 14.3. The molecule has 1 aromatic rings. The van der Waals surface area contributed by atoms with E-state index < -0.39 is 6.04 Å². The van der Waals surface area contributed by atoms with Crippen LogP contribution < -0.4 is 5.73 Å². The van der Waals surface area contributed by atoms with E-state index in [1.54, 1.807) is 0 Å². The fourth-order valence-electron chi connectivity index (χ4n) is 2.38. The lowest BCUT2D eigenvalue weighted by atomic mass is 10.0. The van der Waals surface area contributed by atoms with E-state index in [1.807, 2.05) is 49.1 Å². The molecule has 19 heavy (non-hydrogen) atoms. The molecule has 2 rings (SSSR count). The van der Waals surface area contributed by atoms with Gasteiger partial charge >= 0.3 is 0 Å². The molecule has 0 aromatic heterocycles. The van der Waals surface area contributed by atoms with Crippen molar-refractivity contribution in [2.24, 2.45) is 5.73 Å². The normalized spacial score (nSPS) is 25.1. The topological polar surface area (TPSA) is 55.6 Å². The smallest absolute Gasteiger partial charge is 0.240 e. The summed E-state index contributed by atoms with van der Waals surface area (Å²) < 4.78 is 5.53. The Bertz CT molecular complexity index is 421. The summed E-state index contributed by atoms with van der Waals surface area (Å²) in [6.45, 7) is 5.20. The van der Waals surface area contributed by atoms with Crippen molar-refractivity contribution in [3.63, 3.8) is 0 Å². The van der Waals surface area contributed by atoms with Gasteiger partial charge in [0.1, 0.15) is 0 Å². The molecule has 0 radical (unpaired) electrons.